The van der Waals surface area contributed by atoms with Crippen molar-refractivity contribution in [2.45, 2.75) is 38.5 Å². The monoisotopic (exact) mass is 709 g/mol. The van der Waals surface area contributed by atoms with Gasteiger partial charge in [-0.3, -0.25) is 0 Å². The van der Waals surface area contributed by atoms with Gasteiger partial charge >= 0.3 is 0 Å². The first-order valence-corrected chi connectivity index (χ1v) is 19.2. The van der Waals surface area contributed by atoms with Crippen molar-refractivity contribution in [2.75, 3.05) is 4.90 Å². The Morgan fingerprint density at radius 3 is 1.96 bits per heavy atom. The SMILES string of the molecule is CC1(C)c2ccccc2-c2ccc(N(c3ccc(-c4ccc5c(c4)Oc4c(ccc6oc7ccccc7c46)C5(C)C)cc3)c3ccc4ccccc4c3)cc21. The number of hydrogen-bond donors (Lipinski definition) is 0. The van der Waals surface area contributed by atoms with Crippen LogP contribution < -0.4 is 9.64 Å². The molecule has 0 atom stereocenters. The average molecular weight is 710 g/mol. The van der Waals surface area contributed by atoms with E-state index in [2.05, 4.69) is 184 Å². The van der Waals surface area contributed by atoms with E-state index in [-0.39, 0.29) is 10.8 Å². The van der Waals surface area contributed by atoms with Crippen molar-refractivity contribution in [2.24, 2.45) is 0 Å². The highest BCUT2D eigenvalue weighted by Crippen LogP contribution is 2.54. The van der Waals surface area contributed by atoms with Crippen molar-refractivity contribution < 1.29 is 9.15 Å². The van der Waals surface area contributed by atoms with Gasteiger partial charge in [0.25, 0.3) is 0 Å². The first kappa shape index (κ1) is 31.9. The molecule has 264 valence electrons. The van der Waals surface area contributed by atoms with Gasteiger partial charge in [-0.05, 0) is 98.8 Å². The number of nitrogens with zero attached hydrogens (tertiary/aromatic N) is 1. The highest BCUT2D eigenvalue weighted by Gasteiger charge is 2.37. The maximum absolute atomic E-state index is 6.88. The molecule has 1 aromatic heterocycles. The van der Waals surface area contributed by atoms with Crippen molar-refractivity contribution in [1.29, 1.82) is 0 Å². The van der Waals surface area contributed by atoms with Gasteiger partial charge in [0.05, 0.1) is 5.39 Å². The number of furan rings is 1. The fourth-order valence-corrected chi connectivity index (χ4v) is 9.34. The smallest absolute Gasteiger partial charge is 0.143 e. The fourth-order valence-electron chi connectivity index (χ4n) is 9.34. The summed E-state index contributed by atoms with van der Waals surface area (Å²) in [6.45, 7) is 9.27. The Kier molecular flexibility index (Phi) is 6.65. The summed E-state index contributed by atoms with van der Waals surface area (Å²) in [6, 6.07) is 59.3. The van der Waals surface area contributed by atoms with E-state index >= 15 is 0 Å². The second-order valence-corrected chi connectivity index (χ2v) is 16.2. The minimum absolute atomic E-state index is 0.0963. The summed E-state index contributed by atoms with van der Waals surface area (Å²) in [4.78, 5) is 2.39. The van der Waals surface area contributed by atoms with Crippen LogP contribution in [-0.2, 0) is 10.8 Å². The third kappa shape index (κ3) is 4.69. The largest absolute Gasteiger partial charge is 0.456 e. The number of fused-ring (bicyclic) bond motifs is 10. The summed E-state index contributed by atoms with van der Waals surface area (Å²) in [7, 11) is 0. The Bertz CT molecular complexity index is 3020. The second-order valence-electron chi connectivity index (χ2n) is 16.2. The first-order valence-electron chi connectivity index (χ1n) is 19.2. The number of hydrogen-bond acceptors (Lipinski definition) is 3. The summed E-state index contributed by atoms with van der Waals surface area (Å²) in [5.41, 5.74) is 14.7. The molecule has 0 bridgehead atoms. The molecule has 0 N–H and O–H groups in total. The minimum Gasteiger partial charge on any atom is -0.456 e. The molecule has 2 heterocycles. The number of rotatable bonds is 4. The van der Waals surface area contributed by atoms with Crippen LogP contribution in [0.1, 0.15) is 49.9 Å². The topological polar surface area (TPSA) is 25.6 Å². The zero-order valence-corrected chi connectivity index (χ0v) is 31.4. The van der Waals surface area contributed by atoms with Crippen LogP contribution in [0, 0.1) is 0 Å². The molecular formula is C52H39NO2. The Hall–Kier alpha value is -6.58. The lowest BCUT2D eigenvalue weighted by molar-refractivity contribution is 0.423. The minimum atomic E-state index is -0.246. The van der Waals surface area contributed by atoms with Gasteiger partial charge < -0.3 is 14.1 Å². The lowest BCUT2D eigenvalue weighted by atomic mass is 9.75. The summed E-state index contributed by atoms with van der Waals surface area (Å²) in [5.74, 6) is 1.77. The van der Waals surface area contributed by atoms with Crippen LogP contribution >= 0.6 is 0 Å². The standard InChI is InChI=1S/C52H39NO2/c1-51(2)42-15-9-7-13-39(42)40-25-24-38(31-45(40)51)53(37-23-19-32-11-5-6-12-34(32)29-37)36-21-17-33(18-22-36)35-20-26-43-48(30-35)55-50-44(52(43,3)4)27-28-47-49(50)41-14-8-10-16-46(41)54-47/h5-31H,1-4H3. The molecule has 1 aliphatic carbocycles. The Morgan fingerprint density at radius 1 is 0.436 bits per heavy atom. The van der Waals surface area contributed by atoms with Gasteiger partial charge in [0.15, 0.2) is 0 Å². The lowest BCUT2D eigenvalue weighted by Crippen LogP contribution is -2.24. The molecule has 3 heteroatoms. The summed E-state index contributed by atoms with van der Waals surface area (Å²) < 4.78 is 13.1. The highest BCUT2D eigenvalue weighted by atomic mass is 16.5. The quantitative estimate of drug-likeness (QED) is 0.182. The van der Waals surface area contributed by atoms with Crippen LogP contribution in [0.5, 0.6) is 11.5 Å². The van der Waals surface area contributed by atoms with Gasteiger partial charge in [-0.1, -0.05) is 137 Å². The summed E-state index contributed by atoms with van der Waals surface area (Å²) >= 11 is 0. The van der Waals surface area contributed by atoms with E-state index in [0.29, 0.717) is 0 Å². The molecule has 0 spiro atoms. The molecule has 0 amide bonds. The van der Waals surface area contributed by atoms with E-state index in [1.807, 2.05) is 12.1 Å². The molecule has 2 aliphatic rings. The predicted octanol–water partition coefficient (Wildman–Crippen LogP) is 14.6. The van der Waals surface area contributed by atoms with Crippen molar-refractivity contribution in [1.82, 2.24) is 0 Å². The highest BCUT2D eigenvalue weighted by molar-refractivity contribution is 6.09. The van der Waals surface area contributed by atoms with Crippen molar-refractivity contribution in [3.63, 3.8) is 0 Å². The molecule has 11 rings (SSSR count). The van der Waals surface area contributed by atoms with Crippen LogP contribution in [0.3, 0.4) is 0 Å². The normalized spacial score (nSPS) is 14.6. The summed E-state index contributed by atoms with van der Waals surface area (Å²) in [5, 5.41) is 4.56. The molecule has 1 aliphatic heterocycles. The molecule has 8 aromatic carbocycles. The molecule has 0 unspecified atom stereocenters. The first-order chi connectivity index (χ1) is 26.8. The van der Waals surface area contributed by atoms with Gasteiger partial charge in [-0.15, -0.1) is 0 Å². The van der Waals surface area contributed by atoms with Crippen LogP contribution in [0.2, 0.25) is 0 Å². The van der Waals surface area contributed by atoms with E-state index < -0.39 is 0 Å². The zero-order chi connectivity index (χ0) is 37.1. The van der Waals surface area contributed by atoms with E-state index in [9.17, 15) is 0 Å². The molecule has 0 radical (unpaired) electrons. The Balaban J connectivity index is 1.00. The maximum Gasteiger partial charge on any atom is 0.143 e. The number of ether oxygens (including phenoxy) is 1. The van der Waals surface area contributed by atoms with Gasteiger partial charge in [-0.2, -0.15) is 0 Å². The lowest BCUT2D eigenvalue weighted by Gasteiger charge is -2.35. The fraction of sp³-hybridized carbons (Fsp3) is 0.115. The van der Waals surface area contributed by atoms with Crippen LogP contribution in [0.15, 0.2) is 168 Å². The molecule has 9 aromatic rings. The zero-order valence-electron chi connectivity index (χ0n) is 31.4. The van der Waals surface area contributed by atoms with Crippen molar-refractivity contribution in [3.05, 3.63) is 186 Å². The summed E-state index contributed by atoms with van der Waals surface area (Å²) in [6.07, 6.45) is 0. The average Bonchev–Trinajstić information content (AvgIpc) is 3.70. The van der Waals surface area contributed by atoms with Crippen molar-refractivity contribution in [3.8, 4) is 33.8 Å². The van der Waals surface area contributed by atoms with E-state index in [1.165, 1.54) is 44.2 Å². The number of anilines is 3. The van der Waals surface area contributed by atoms with E-state index in [4.69, 9.17) is 9.15 Å². The van der Waals surface area contributed by atoms with Gasteiger partial charge in [0.1, 0.15) is 22.7 Å². The molecule has 55 heavy (non-hydrogen) atoms. The van der Waals surface area contributed by atoms with Gasteiger partial charge in [0, 0.05) is 44.4 Å². The Morgan fingerprint density at radius 2 is 1.09 bits per heavy atom. The van der Waals surface area contributed by atoms with Gasteiger partial charge in [0.2, 0.25) is 0 Å². The van der Waals surface area contributed by atoms with Crippen LogP contribution in [-0.4, -0.2) is 0 Å². The third-order valence-electron chi connectivity index (χ3n) is 12.3. The van der Waals surface area contributed by atoms with Crippen molar-refractivity contribution >= 4 is 49.8 Å². The molecule has 0 fully saturated rings. The van der Waals surface area contributed by atoms with Gasteiger partial charge in [-0.25, -0.2) is 0 Å². The number of para-hydroxylation sites is 1. The molecule has 0 saturated heterocycles. The third-order valence-corrected chi connectivity index (χ3v) is 12.3. The Labute approximate surface area is 321 Å². The molecule has 3 nitrogen and oxygen atoms in total. The van der Waals surface area contributed by atoms with Crippen LogP contribution in [0.4, 0.5) is 17.1 Å². The van der Waals surface area contributed by atoms with E-state index in [1.54, 1.807) is 0 Å². The molecular weight excluding hydrogens is 671 g/mol. The predicted molar refractivity (Wildman–Crippen MR) is 228 cm³/mol. The second kappa shape index (κ2) is 11.5. The molecule has 0 saturated carbocycles. The number of benzene rings is 8. The van der Waals surface area contributed by atoms with E-state index in [0.717, 1.165) is 61.6 Å². The maximum atomic E-state index is 6.88. The van der Waals surface area contributed by atoms with Crippen LogP contribution in [0.25, 0.3) is 55.0 Å².